The van der Waals surface area contributed by atoms with E-state index in [1.807, 2.05) is 6.92 Å². The monoisotopic (exact) mass is 302 g/mol. The maximum atomic E-state index is 11.7. The van der Waals surface area contributed by atoms with Crippen LogP contribution < -0.4 is 10.6 Å². The van der Waals surface area contributed by atoms with Crippen molar-refractivity contribution in [2.45, 2.75) is 20.3 Å². The van der Waals surface area contributed by atoms with E-state index in [2.05, 4.69) is 15.6 Å². The molecule has 0 aliphatic carbocycles. The van der Waals surface area contributed by atoms with E-state index >= 15 is 0 Å². The van der Waals surface area contributed by atoms with Gasteiger partial charge >= 0.3 is 0 Å². The average molecular weight is 302 g/mol. The molecule has 0 radical (unpaired) electrons. The predicted molar refractivity (Wildman–Crippen MR) is 84.9 cm³/mol. The van der Waals surface area contributed by atoms with Crippen molar-refractivity contribution in [2.75, 3.05) is 18.4 Å². The lowest BCUT2D eigenvalue weighted by molar-refractivity contribution is -0.383. The Morgan fingerprint density at radius 1 is 1.41 bits per heavy atom. The summed E-state index contributed by atoms with van der Waals surface area (Å²) in [6.07, 6.45) is 0.870. The number of nitrogens with one attached hydrogen (secondary N) is 2. The van der Waals surface area contributed by atoms with Gasteiger partial charge in [0.05, 0.1) is 11.5 Å². The third-order valence-corrected chi connectivity index (χ3v) is 3.15. The smallest absolute Gasteiger partial charge is 0.295 e. The molecule has 0 bridgehead atoms. The van der Waals surface area contributed by atoms with Crippen LogP contribution in [0.1, 0.15) is 19.0 Å². The van der Waals surface area contributed by atoms with Gasteiger partial charge in [0.15, 0.2) is 5.52 Å². The molecule has 2 N–H and O–H groups in total. The van der Waals surface area contributed by atoms with E-state index in [1.165, 1.54) is 6.07 Å². The number of para-hydroxylation sites is 1. The van der Waals surface area contributed by atoms with Gasteiger partial charge in [-0.15, -0.1) is 0 Å². The number of anilines is 1. The molecule has 7 nitrogen and oxygen atoms in total. The fraction of sp³-hybridized carbons (Fsp3) is 0.333. The van der Waals surface area contributed by atoms with Gasteiger partial charge in [-0.1, -0.05) is 19.1 Å². The summed E-state index contributed by atoms with van der Waals surface area (Å²) in [6.45, 7) is 4.48. The van der Waals surface area contributed by atoms with Crippen molar-refractivity contribution in [3.63, 3.8) is 0 Å². The summed E-state index contributed by atoms with van der Waals surface area (Å²) in [6, 6.07) is 6.56. The summed E-state index contributed by atoms with van der Waals surface area (Å²) < 4.78 is 0. The van der Waals surface area contributed by atoms with Gasteiger partial charge in [0.25, 0.3) is 5.69 Å². The zero-order valence-corrected chi connectivity index (χ0v) is 12.5. The molecule has 0 saturated heterocycles. The number of amides is 1. The fourth-order valence-corrected chi connectivity index (χ4v) is 2.16. The number of nitro groups is 1. The minimum Gasteiger partial charge on any atom is -0.376 e. The molecule has 0 spiro atoms. The van der Waals surface area contributed by atoms with E-state index in [0.717, 1.165) is 6.42 Å². The van der Waals surface area contributed by atoms with E-state index in [4.69, 9.17) is 0 Å². The molecule has 0 aliphatic rings. The Bertz CT molecular complexity index is 715. The third kappa shape index (κ3) is 3.49. The third-order valence-electron chi connectivity index (χ3n) is 3.15. The standard InChI is InChI=1S/C15H18N4O3/c1-3-7-16-14(20)9-17-12-8-10(2)18-15-11(12)5-4-6-13(15)19(21)22/h4-6,8H,3,7,9H2,1-2H3,(H,16,20)(H,17,18). The van der Waals surface area contributed by atoms with Gasteiger partial charge in [0.2, 0.25) is 5.91 Å². The summed E-state index contributed by atoms with van der Waals surface area (Å²) in [5.41, 5.74) is 1.60. The number of carbonyl (C=O) groups excluding carboxylic acids is 1. The first kappa shape index (κ1) is 15.7. The summed E-state index contributed by atoms with van der Waals surface area (Å²) in [4.78, 5) is 26.6. The molecule has 7 heteroatoms. The van der Waals surface area contributed by atoms with Gasteiger partial charge in [-0.05, 0) is 19.4 Å². The SMILES string of the molecule is CCCNC(=O)CNc1cc(C)nc2c([N+](=O)[O-])cccc12. The number of aromatic nitrogens is 1. The molecule has 0 saturated carbocycles. The lowest BCUT2D eigenvalue weighted by Crippen LogP contribution is -2.30. The van der Waals surface area contributed by atoms with Crippen LogP contribution in [0.15, 0.2) is 24.3 Å². The van der Waals surface area contributed by atoms with Crippen LogP contribution in [0.5, 0.6) is 0 Å². The highest BCUT2D eigenvalue weighted by atomic mass is 16.6. The van der Waals surface area contributed by atoms with Gasteiger partial charge in [0.1, 0.15) is 0 Å². The molecule has 0 aliphatic heterocycles. The van der Waals surface area contributed by atoms with Crippen molar-refractivity contribution in [2.24, 2.45) is 0 Å². The number of nitro benzene ring substituents is 1. The maximum Gasteiger partial charge on any atom is 0.295 e. The first-order valence-corrected chi connectivity index (χ1v) is 7.08. The number of hydrogen-bond donors (Lipinski definition) is 2. The van der Waals surface area contributed by atoms with Crippen LogP contribution in [0.25, 0.3) is 10.9 Å². The second kappa shape index (κ2) is 6.84. The zero-order valence-electron chi connectivity index (χ0n) is 12.5. The Kier molecular flexibility index (Phi) is 4.88. The molecule has 22 heavy (non-hydrogen) atoms. The van der Waals surface area contributed by atoms with Crippen molar-refractivity contribution in [3.8, 4) is 0 Å². The van der Waals surface area contributed by atoms with E-state index in [1.54, 1.807) is 25.1 Å². The molecule has 1 heterocycles. The highest BCUT2D eigenvalue weighted by Gasteiger charge is 2.15. The van der Waals surface area contributed by atoms with E-state index < -0.39 is 4.92 Å². The van der Waals surface area contributed by atoms with E-state index in [0.29, 0.717) is 28.8 Å². The van der Waals surface area contributed by atoms with Crippen molar-refractivity contribution in [3.05, 3.63) is 40.1 Å². The average Bonchev–Trinajstić information content (AvgIpc) is 2.49. The van der Waals surface area contributed by atoms with Gasteiger partial charge in [-0.25, -0.2) is 4.98 Å². The van der Waals surface area contributed by atoms with Crippen molar-refractivity contribution < 1.29 is 9.72 Å². The lowest BCUT2D eigenvalue weighted by atomic mass is 10.1. The Balaban J connectivity index is 2.32. The van der Waals surface area contributed by atoms with Crippen LogP contribution in [-0.2, 0) is 4.79 Å². The molecule has 0 fully saturated rings. The highest BCUT2D eigenvalue weighted by Crippen LogP contribution is 2.29. The molecule has 1 aromatic carbocycles. The predicted octanol–water partition coefficient (Wildman–Crippen LogP) is 2.39. The van der Waals surface area contributed by atoms with Gasteiger partial charge in [-0.3, -0.25) is 14.9 Å². The number of nitrogens with zero attached hydrogens (tertiary/aromatic N) is 2. The van der Waals surface area contributed by atoms with Crippen molar-refractivity contribution >= 4 is 28.2 Å². The normalized spacial score (nSPS) is 10.5. The largest absolute Gasteiger partial charge is 0.376 e. The Morgan fingerprint density at radius 3 is 2.86 bits per heavy atom. The van der Waals surface area contributed by atoms with Crippen LogP contribution in [0.2, 0.25) is 0 Å². The van der Waals surface area contributed by atoms with Crippen molar-refractivity contribution in [1.82, 2.24) is 10.3 Å². The van der Waals surface area contributed by atoms with Crippen LogP contribution >= 0.6 is 0 Å². The van der Waals surface area contributed by atoms with E-state index in [-0.39, 0.29) is 18.1 Å². The molecule has 0 unspecified atom stereocenters. The lowest BCUT2D eigenvalue weighted by Gasteiger charge is -2.11. The molecular weight excluding hydrogens is 284 g/mol. The van der Waals surface area contributed by atoms with E-state index in [9.17, 15) is 14.9 Å². The number of pyridine rings is 1. The van der Waals surface area contributed by atoms with Crippen LogP contribution in [0.4, 0.5) is 11.4 Å². The topological polar surface area (TPSA) is 97.2 Å². The quantitative estimate of drug-likeness (QED) is 0.630. The van der Waals surface area contributed by atoms with Crippen LogP contribution in [-0.4, -0.2) is 28.9 Å². The minimum atomic E-state index is -0.452. The van der Waals surface area contributed by atoms with Crippen molar-refractivity contribution in [1.29, 1.82) is 0 Å². The number of benzene rings is 1. The number of non-ortho nitro benzene ring substituents is 1. The molecule has 2 aromatic rings. The fourth-order valence-electron chi connectivity index (χ4n) is 2.16. The van der Waals surface area contributed by atoms with Gasteiger partial charge in [-0.2, -0.15) is 0 Å². The second-order valence-corrected chi connectivity index (χ2v) is 4.95. The Labute approximate surface area is 127 Å². The van der Waals surface area contributed by atoms with Crippen LogP contribution in [0.3, 0.4) is 0 Å². The summed E-state index contributed by atoms with van der Waals surface area (Å²) in [7, 11) is 0. The molecule has 1 amide bonds. The Hall–Kier alpha value is -2.70. The second-order valence-electron chi connectivity index (χ2n) is 4.95. The minimum absolute atomic E-state index is 0.0420. The maximum absolute atomic E-state index is 11.7. The van der Waals surface area contributed by atoms with Gasteiger partial charge in [0, 0.05) is 29.4 Å². The molecule has 0 atom stereocenters. The first-order valence-electron chi connectivity index (χ1n) is 7.08. The highest BCUT2D eigenvalue weighted by molar-refractivity contribution is 5.97. The molecule has 2 rings (SSSR count). The number of rotatable bonds is 6. The molecule has 116 valence electrons. The van der Waals surface area contributed by atoms with Crippen LogP contribution in [0, 0.1) is 17.0 Å². The van der Waals surface area contributed by atoms with Gasteiger partial charge < -0.3 is 10.6 Å². The number of carbonyl (C=O) groups is 1. The Morgan fingerprint density at radius 2 is 2.18 bits per heavy atom. The summed E-state index contributed by atoms with van der Waals surface area (Å²) in [5.74, 6) is -0.116. The zero-order chi connectivity index (χ0) is 16.1. The number of aryl methyl sites for hydroxylation is 1. The summed E-state index contributed by atoms with van der Waals surface area (Å²) >= 11 is 0. The first-order chi connectivity index (χ1) is 10.5. The summed E-state index contributed by atoms with van der Waals surface area (Å²) in [5, 5.41) is 17.5. The molecule has 1 aromatic heterocycles. The molecular formula is C15H18N4O3. The number of hydrogen-bond acceptors (Lipinski definition) is 5. The number of fused-ring (bicyclic) bond motifs is 1.